The first kappa shape index (κ1) is 20.2. The molecule has 0 radical (unpaired) electrons. The molecule has 0 fully saturated rings. The molecule has 1 N–H and O–H groups in total. The number of furan rings is 1. The van der Waals surface area contributed by atoms with Gasteiger partial charge >= 0.3 is 0 Å². The Balaban J connectivity index is 2.24. The van der Waals surface area contributed by atoms with Crippen LogP contribution in [-0.4, -0.2) is 41.5 Å². The summed E-state index contributed by atoms with van der Waals surface area (Å²) in [5, 5.41) is 7.11. The maximum atomic E-state index is 13.0. The van der Waals surface area contributed by atoms with Gasteiger partial charge in [-0.1, -0.05) is 6.92 Å². The molecule has 0 saturated carbocycles. The van der Waals surface area contributed by atoms with Gasteiger partial charge in [0.2, 0.25) is 15.9 Å². The average Bonchev–Trinajstić information content (AvgIpc) is 3.15. The van der Waals surface area contributed by atoms with Crippen LogP contribution in [-0.2, 0) is 27.9 Å². The number of aromatic nitrogens is 2. The molecule has 1 atom stereocenters. The number of amides is 1. The van der Waals surface area contributed by atoms with Crippen molar-refractivity contribution in [3.05, 3.63) is 35.5 Å². The molecule has 0 aromatic carbocycles. The third-order valence-corrected chi connectivity index (χ3v) is 6.31. The van der Waals surface area contributed by atoms with Crippen LogP contribution in [0.4, 0.5) is 0 Å². The van der Waals surface area contributed by atoms with Gasteiger partial charge in [-0.05, 0) is 39.3 Å². The van der Waals surface area contributed by atoms with Crippen LogP contribution in [0.1, 0.15) is 37.4 Å². The number of aryl methyl sites for hydroxylation is 1. The highest BCUT2D eigenvalue weighted by molar-refractivity contribution is 7.89. The number of hydrogen-bond donors (Lipinski definition) is 1. The molecule has 26 heavy (non-hydrogen) atoms. The van der Waals surface area contributed by atoms with E-state index in [2.05, 4.69) is 10.4 Å². The first-order valence-corrected chi connectivity index (χ1v) is 9.92. The molecular formula is C17H26N4O4S. The number of nitrogens with zero attached hydrogens (tertiary/aromatic N) is 3. The molecular weight excluding hydrogens is 356 g/mol. The molecule has 2 heterocycles. The first-order chi connectivity index (χ1) is 12.2. The van der Waals surface area contributed by atoms with Gasteiger partial charge in [0.25, 0.3) is 0 Å². The van der Waals surface area contributed by atoms with Crippen molar-refractivity contribution in [2.24, 2.45) is 0 Å². The van der Waals surface area contributed by atoms with Gasteiger partial charge in [0.15, 0.2) is 0 Å². The lowest BCUT2D eigenvalue weighted by Gasteiger charge is -2.16. The summed E-state index contributed by atoms with van der Waals surface area (Å²) in [7, 11) is -2.27. The molecule has 9 heteroatoms. The minimum atomic E-state index is -3.76. The van der Waals surface area contributed by atoms with Crippen LogP contribution in [0.15, 0.2) is 27.7 Å². The van der Waals surface area contributed by atoms with Gasteiger partial charge in [0.1, 0.15) is 17.2 Å². The summed E-state index contributed by atoms with van der Waals surface area (Å²) in [4.78, 5) is 12.2. The zero-order valence-corrected chi connectivity index (χ0v) is 16.6. The second-order valence-corrected chi connectivity index (χ2v) is 8.36. The Kier molecular flexibility index (Phi) is 6.25. The molecule has 0 aliphatic carbocycles. The smallest absolute Gasteiger partial charge is 0.246 e. The fourth-order valence-electron chi connectivity index (χ4n) is 2.63. The normalized spacial score (nSPS) is 13.2. The second kappa shape index (κ2) is 8.05. The zero-order valence-electron chi connectivity index (χ0n) is 15.8. The first-order valence-electron chi connectivity index (χ1n) is 8.48. The molecule has 1 amide bonds. The van der Waals surface area contributed by atoms with Crippen LogP contribution in [0.25, 0.3) is 0 Å². The van der Waals surface area contributed by atoms with Crippen LogP contribution < -0.4 is 5.32 Å². The van der Waals surface area contributed by atoms with Crippen LogP contribution in [0.2, 0.25) is 0 Å². The van der Waals surface area contributed by atoms with E-state index in [9.17, 15) is 13.2 Å². The van der Waals surface area contributed by atoms with Gasteiger partial charge in [-0.15, -0.1) is 0 Å². The molecule has 0 aliphatic rings. The van der Waals surface area contributed by atoms with Crippen molar-refractivity contribution < 1.29 is 17.6 Å². The highest BCUT2D eigenvalue weighted by Crippen LogP contribution is 2.24. The van der Waals surface area contributed by atoms with E-state index in [0.717, 1.165) is 6.42 Å². The van der Waals surface area contributed by atoms with E-state index >= 15 is 0 Å². The highest BCUT2D eigenvalue weighted by atomic mass is 32.2. The standard InChI is InChI=1S/C17H26N4O4S/c1-6-12(2)18-16(22)11-21-14(4)17(13(3)19-21)26(23,24)20(5)10-15-8-7-9-25-15/h7-9,12H,6,10-11H2,1-5H3,(H,18,22)/t12-/m1/s1. The molecule has 0 aliphatic heterocycles. The topological polar surface area (TPSA) is 97.4 Å². The van der Waals surface area contributed by atoms with Crippen molar-refractivity contribution in [2.45, 2.75) is 58.1 Å². The van der Waals surface area contributed by atoms with Crippen LogP contribution >= 0.6 is 0 Å². The van der Waals surface area contributed by atoms with E-state index in [4.69, 9.17) is 4.42 Å². The summed E-state index contributed by atoms with van der Waals surface area (Å²) in [5.74, 6) is 0.351. The van der Waals surface area contributed by atoms with Crippen molar-refractivity contribution in [3.8, 4) is 0 Å². The molecule has 0 spiro atoms. The summed E-state index contributed by atoms with van der Waals surface area (Å²) >= 11 is 0. The minimum absolute atomic E-state index is 0.0194. The largest absolute Gasteiger partial charge is 0.468 e. The fraction of sp³-hybridized carbons (Fsp3) is 0.529. The summed E-state index contributed by atoms with van der Waals surface area (Å²) in [6, 6.07) is 3.48. The van der Waals surface area contributed by atoms with Crippen molar-refractivity contribution in [3.63, 3.8) is 0 Å². The Hall–Kier alpha value is -2.13. The third kappa shape index (κ3) is 4.34. The van der Waals surface area contributed by atoms with E-state index in [1.54, 1.807) is 26.0 Å². The van der Waals surface area contributed by atoms with Crippen LogP contribution in [0.5, 0.6) is 0 Å². The van der Waals surface area contributed by atoms with E-state index in [1.807, 2.05) is 13.8 Å². The zero-order chi connectivity index (χ0) is 19.5. The Morgan fingerprint density at radius 3 is 2.69 bits per heavy atom. The predicted molar refractivity (Wildman–Crippen MR) is 97.0 cm³/mol. The number of carbonyl (C=O) groups is 1. The summed E-state index contributed by atoms with van der Waals surface area (Å²) in [6.07, 6.45) is 2.32. The van der Waals surface area contributed by atoms with Crippen LogP contribution in [0.3, 0.4) is 0 Å². The third-order valence-electron chi connectivity index (χ3n) is 4.26. The van der Waals surface area contributed by atoms with Crippen molar-refractivity contribution in [1.29, 1.82) is 0 Å². The lowest BCUT2D eigenvalue weighted by molar-refractivity contribution is -0.122. The van der Waals surface area contributed by atoms with Crippen molar-refractivity contribution in [2.75, 3.05) is 7.05 Å². The van der Waals surface area contributed by atoms with E-state index in [1.165, 1.54) is 22.3 Å². The molecule has 8 nitrogen and oxygen atoms in total. The lowest BCUT2D eigenvalue weighted by Crippen LogP contribution is -2.35. The van der Waals surface area contributed by atoms with Gasteiger partial charge in [-0.2, -0.15) is 9.40 Å². The van der Waals surface area contributed by atoms with Crippen molar-refractivity contribution >= 4 is 15.9 Å². The predicted octanol–water partition coefficient (Wildman–Crippen LogP) is 1.83. The lowest BCUT2D eigenvalue weighted by atomic mass is 10.2. The Morgan fingerprint density at radius 2 is 2.12 bits per heavy atom. The molecule has 0 saturated heterocycles. The van der Waals surface area contributed by atoms with Gasteiger partial charge in [0.05, 0.1) is 24.2 Å². The molecule has 2 aromatic rings. The Morgan fingerprint density at radius 1 is 1.42 bits per heavy atom. The molecule has 144 valence electrons. The van der Waals surface area contributed by atoms with Gasteiger partial charge in [-0.25, -0.2) is 8.42 Å². The minimum Gasteiger partial charge on any atom is -0.468 e. The maximum Gasteiger partial charge on any atom is 0.246 e. The Bertz CT molecular complexity index is 856. The molecule has 0 unspecified atom stereocenters. The molecule has 2 rings (SSSR count). The number of nitrogens with one attached hydrogen (secondary N) is 1. The summed E-state index contributed by atoms with van der Waals surface area (Å²) < 4.78 is 33.8. The maximum absolute atomic E-state index is 13.0. The number of sulfonamides is 1. The van der Waals surface area contributed by atoms with Gasteiger partial charge < -0.3 is 9.73 Å². The quantitative estimate of drug-likeness (QED) is 0.751. The highest BCUT2D eigenvalue weighted by Gasteiger charge is 2.29. The van der Waals surface area contributed by atoms with Crippen LogP contribution in [0, 0.1) is 13.8 Å². The average molecular weight is 382 g/mol. The van der Waals surface area contributed by atoms with E-state index in [0.29, 0.717) is 17.1 Å². The summed E-state index contributed by atoms with van der Waals surface area (Å²) in [5.41, 5.74) is 0.804. The molecule has 0 bridgehead atoms. The SMILES string of the molecule is CC[C@@H](C)NC(=O)Cn1nc(C)c(S(=O)(=O)N(C)Cc2ccco2)c1C. The molecule has 2 aromatic heterocycles. The fourth-order valence-corrected chi connectivity index (χ4v) is 4.13. The van der Waals surface area contributed by atoms with Gasteiger partial charge in [0, 0.05) is 13.1 Å². The Labute approximate surface area is 154 Å². The summed E-state index contributed by atoms with van der Waals surface area (Å²) in [6.45, 7) is 7.28. The second-order valence-electron chi connectivity index (χ2n) is 6.37. The van der Waals surface area contributed by atoms with Crippen molar-refractivity contribution in [1.82, 2.24) is 19.4 Å². The number of rotatable bonds is 8. The monoisotopic (exact) mass is 382 g/mol. The van der Waals surface area contributed by atoms with E-state index in [-0.39, 0.29) is 29.9 Å². The van der Waals surface area contributed by atoms with E-state index < -0.39 is 10.0 Å². The number of hydrogen-bond acceptors (Lipinski definition) is 5. The van der Waals surface area contributed by atoms with Gasteiger partial charge in [-0.3, -0.25) is 9.48 Å². The number of carbonyl (C=O) groups excluding carboxylic acids is 1.